The molecule has 0 radical (unpaired) electrons. The van der Waals surface area contributed by atoms with E-state index >= 15 is 0 Å². The lowest BCUT2D eigenvalue weighted by atomic mass is 10.1. The van der Waals surface area contributed by atoms with Crippen LogP contribution in [0.4, 0.5) is 0 Å². The van der Waals surface area contributed by atoms with Crippen LogP contribution >= 0.6 is 0 Å². The normalized spacial score (nSPS) is 14.1. The number of hydrogen-bond acceptors (Lipinski definition) is 3. The molecule has 0 aromatic carbocycles. The van der Waals surface area contributed by atoms with Crippen LogP contribution < -0.4 is 0 Å². The molecule has 1 aliphatic rings. The first-order chi connectivity index (χ1) is 10.7. The molecule has 3 aromatic heterocycles. The molecule has 1 aliphatic heterocycles. The summed E-state index contributed by atoms with van der Waals surface area (Å²) in [5.74, 6) is -0.0341. The van der Waals surface area contributed by atoms with Gasteiger partial charge in [0.15, 0.2) is 0 Å². The largest absolute Gasteiger partial charge is 0.349 e. The number of H-pyrrole nitrogens is 2. The molecule has 0 unspecified atom stereocenters. The smallest absolute Gasteiger partial charge is 0.272 e. The molecule has 7 heteroatoms. The van der Waals surface area contributed by atoms with Crippen LogP contribution in [-0.4, -0.2) is 42.1 Å². The third-order valence-corrected chi connectivity index (χ3v) is 4.08. The van der Waals surface area contributed by atoms with Crippen molar-refractivity contribution in [1.82, 2.24) is 29.6 Å². The number of nitrogens with zero attached hydrogens (tertiary/aromatic N) is 4. The summed E-state index contributed by atoms with van der Waals surface area (Å²) < 4.78 is 1.97. The Morgan fingerprint density at radius 2 is 2.32 bits per heavy atom. The van der Waals surface area contributed by atoms with Gasteiger partial charge in [-0.2, -0.15) is 5.10 Å². The highest BCUT2D eigenvalue weighted by molar-refractivity contribution is 5.93. The molecule has 2 N–H and O–H groups in total. The summed E-state index contributed by atoms with van der Waals surface area (Å²) in [7, 11) is 1.95. The SMILES string of the molecule is Cn1cccc1-c1cc(C(=O)N2CCc3nc[nH]c3C2)[nH]n1. The Morgan fingerprint density at radius 3 is 3.14 bits per heavy atom. The van der Waals surface area contributed by atoms with Gasteiger partial charge in [0.25, 0.3) is 5.91 Å². The monoisotopic (exact) mass is 296 g/mol. The molecule has 0 saturated heterocycles. The van der Waals surface area contributed by atoms with Crippen LogP contribution in [-0.2, 0) is 20.0 Å². The number of aryl methyl sites for hydroxylation is 1. The summed E-state index contributed by atoms with van der Waals surface area (Å²) in [6.45, 7) is 1.24. The van der Waals surface area contributed by atoms with Crippen molar-refractivity contribution in [2.45, 2.75) is 13.0 Å². The maximum atomic E-state index is 12.6. The first kappa shape index (κ1) is 12.9. The van der Waals surface area contributed by atoms with Gasteiger partial charge in [0, 0.05) is 26.2 Å². The molecular weight excluding hydrogens is 280 g/mol. The average Bonchev–Trinajstić information content (AvgIpc) is 3.25. The van der Waals surface area contributed by atoms with Crippen LogP contribution in [0.2, 0.25) is 0 Å². The minimum atomic E-state index is -0.0341. The van der Waals surface area contributed by atoms with Crippen LogP contribution in [0.15, 0.2) is 30.7 Å². The number of fused-ring (bicyclic) bond motifs is 1. The van der Waals surface area contributed by atoms with Gasteiger partial charge in [0.2, 0.25) is 0 Å². The van der Waals surface area contributed by atoms with E-state index in [0.717, 1.165) is 29.2 Å². The van der Waals surface area contributed by atoms with Gasteiger partial charge in [-0.25, -0.2) is 4.98 Å². The minimum Gasteiger partial charge on any atom is -0.349 e. The molecule has 22 heavy (non-hydrogen) atoms. The number of hydrogen-bond donors (Lipinski definition) is 2. The zero-order valence-electron chi connectivity index (χ0n) is 12.2. The molecular formula is C15H16N6O. The van der Waals surface area contributed by atoms with Crippen molar-refractivity contribution in [3.05, 3.63) is 47.8 Å². The predicted molar refractivity (Wildman–Crippen MR) is 80.0 cm³/mol. The molecule has 0 bridgehead atoms. The van der Waals surface area contributed by atoms with Gasteiger partial charge >= 0.3 is 0 Å². The average molecular weight is 296 g/mol. The molecule has 0 fully saturated rings. The standard InChI is InChI=1S/C15H16N6O/c1-20-5-2-3-14(20)11-7-12(19-18-11)15(22)21-6-4-10-13(8-21)17-9-16-10/h2-3,5,7,9H,4,6,8H2,1H3,(H,16,17)(H,18,19). The number of imidazole rings is 1. The summed E-state index contributed by atoms with van der Waals surface area (Å²) in [6.07, 6.45) is 4.42. The highest BCUT2D eigenvalue weighted by atomic mass is 16.2. The topological polar surface area (TPSA) is 82.6 Å². The summed E-state index contributed by atoms with van der Waals surface area (Å²) >= 11 is 0. The molecule has 0 aliphatic carbocycles. The lowest BCUT2D eigenvalue weighted by Gasteiger charge is -2.25. The van der Waals surface area contributed by atoms with Crippen LogP contribution in [0.3, 0.4) is 0 Å². The number of rotatable bonds is 2. The molecule has 7 nitrogen and oxygen atoms in total. The number of aromatic amines is 2. The number of nitrogens with one attached hydrogen (secondary N) is 2. The molecule has 4 rings (SSSR count). The fourth-order valence-electron chi connectivity index (χ4n) is 2.85. The van der Waals surface area contributed by atoms with Crippen molar-refractivity contribution >= 4 is 5.91 Å². The van der Waals surface area contributed by atoms with E-state index in [1.165, 1.54) is 0 Å². The third-order valence-electron chi connectivity index (χ3n) is 4.08. The van der Waals surface area contributed by atoms with E-state index in [1.54, 1.807) is 12.4 Å². The van der Waals surface area contributed by atoms with Crippen molar-refractivity contribution < 1.29 is 4.79 Å². The Bertz CT molecular complexity index is 827. The number of amides is 1. The molecule has 0 atom stereocenters. The quantitative estimate of drug-likeness (QED) is 0.748. The van der Waals surface area contributed by atoms with E-state index < -0.39 is 0 Å². The second kappa shape index (κ2) is 4.87. The Morgan fingerprint density at radius 1 is 1.41 bits per heavy atom. The van der Waals surface area contributed by atoms with Gasteiger partial charge in [-0.1, -0.05) is 0 Å². The molecule has 1 amide bonds. The van der Waals surface area contributed by atoms with E-state index in [4.69, 9.17) is 0 Å². The molecule has 0 spiro atoms. The Balaban J connectivity index is 1.57. The molecule has 4 heterocycles. The zero-order chi connectivity index (χ0) is 15.1. The lowest BCUT2D eigenvalue weighted by Crippen LogP contribution is -2.36. The summed E-state index contributed by atoms with van der Waals surface area (Å²) in [4.78, 5) is 21.8. The maximum absolute atomic E-state index is 12.6. The van der Waals surface area contributed by atoms with Gasteiger partial charge in [-0.05, 0) is 18.2 Å². The minimum absolute atomic E-state index is 0.0341. The summed E-state index contributed by atoms with van der Waals surface area (Å²) in [5.41, 5.74) is 4.33. The maximum Gasteiger partial charge on any atom is 0.272 e. The Labute approximate surface area is 127 Å². The van der Waals surface area contributed by atoms with Crippen molar-refractivity contribution in [1.29, 1.82) is 0 Å². The number of carbonyl (C=O) groups is 1. The first-order valence-corrected chi connectivity index (χ1v) is 7.20. The van der Waals surface area contributed by atoms with Gasteiger partial charge in [-0.3, -0.25) is 9.89 Å². The number of aromatic nitrogens is 5. The summed E-state index contributed by atoms with van der Waals surface area (Å²) in [6, 6.07) is 5.73. The second-order valence-electron chi connectivity index (χ2n) is 5.48. The Hall–Kier alpha value is -2.83. The lowest BCUT2D eigenvalue weighted by molar-refractivity contribution is 0.0726. The third kappa shape index (κ3) is 2.02. The van der Waals surface area contributed by atoms with E-state index in [1.807, 2.05) is 34.8 Å². The Kier molecular flexibility index (Phi) is 2.85. The van der Waals surface area contributed by atoms with E-state index in [0.29, 0.717) is 18.8 Å². The van der Waals surface area contributed by atoms with Gasteiger partial charge < -0.3 is 14.5 Å². The number of carbonyl (C=O) groups excluding carboxylic acids is 1. The molecule has 0 saturated carbocycles. The van der Waals surface area contributed by atoms with Crippen molar-refractivity contribution in [3.63, 3.8) is 0 Å². The second-order valence-corrected chi connectivity index (χ2v) is 5.48. The van der Waals surface area contributed by atoms with Crippen molar-refractivity contribution in [2.24, 2.45) is 7.05 Å². The van der Waals surface area contributed by atoms with Gasteiger partial charge in [-0.15, -0.1) is 0 Å². The predicted octanol–water partition coefficient (Wildman–Crippen LogP) is 1.34. The first-order valence-electron chi connectivity index (χ1n) is 7.20. The van der Waals surface area contributed by atoms with Crippen molar-refractivity contribution in [2.75, 3.05) is 6.54 Å². The summed E-state index contributed by atoms with van der Waals surface area (Å²) in [5, 5.41) is 7.11. The fraction of sp³-hybridized carbons (Fsp3) is 0.267. The highest BCUT2D eigenvalue weighted by Gasteiger charge is 2.24. The van der Waals surface area contributed by atoms with E-state index in [-0.39, 0.29) is 5.91 Å². The van der Waals surface area contributed by atoms with E-state index in [9.17, 15) is 4.79 Å². The molecule has 3 aromatic rings. The van der Waals surface area contributed by atoms with Crippen LogP contribution in [0.25, 0.3) is 11.4 Å². The van der Waals surface area contributed by atoms with Crippen LogP contribution in [0.1, 0.15) is 21.9 Å². The van der Waals surface area contributed by atoms with Crippen LogP contribution in [0, 0.1) is 0 Å². The van der Waals surface area contributed by atoms with Crippen molar-refractivity contribution in [3.8, 4) is 11.4 Å². The highest BCUT2D eigenvalue weighted by Crippen LogP contribution is 2.20. The van der Waals surface area contributed by atoms with Crippen LogP contribution in [0.5, 0.6) is 0 Å². The molecule has 112 valence electrons. The van der Waals surface area contributed by atoms with Gasteiger partial charge in [0.05, 0.1) is 30.0 Å². The van der Waals surface area contributed by atoms with E-state index in [2.05, 4.69) is 20.2 Å². The van der Waals surface area contributed by atoms with Gasteiger partial charge in [0.1, 0.15) is 11.4 Å². The fourth-order valence-corrected chi connectivity index (χ4v) is 2.85. The zero-order valence-corrected chi connectivity index (χ0v) is 12.2.